The number of ether oxygens (including phenoxy) is 7. The van der Waals surface area contributed by atoms with Crippen LogP contribution in [0.4, 0.5) is 4.79 Å². The Morgan fingerprint density at radius 2 is 1.65 bits per heavy atom. The minimum Gasteiger partial charge on any atom is -0.456 e. The van der Waals surface area contributed by atoms with Crippen molar-refractivity contribution in [2.75, 3.05) is 6.61 Å². The third-order valence-corrected chi connectivity index (χ3v) is 12.4. The fourth-order valence-corrected chi connectivity index (χ4v) is 10.6. The summed E-state index contributed by atoms with van der Waals surface area (Å²) in [4.78, 5) is 52.8. The van der Waals surface area contributed by atoms with Gasteiger partial charge in [0, 0.05) is 38.0 Å². The van der Waals surface area contributed by atoms with Crippen molar-refractivity contribution in [1.82, 2.24) is 5.32 Å². The highest BCUT2D eigenvalue weighted by atomic mass is 16.7. The number of alkyl carbamates (subject to hydrolysis) is 1. The number of nitrogens with one attached hydrogen (secondary N) is 1. The SMILES string of the molecule is C=CC1OC2CC3OC[C@@]3(OC(C)=O)[C@H]3[C@H](O)C4(C(C)(C)O)C[C@H](OC(=O)C(O)[C@H](CC(C)C)NC(=O)OC(C)(C)C)C(C)=C4[C@@](C)(OC(C)=O)[C@H](O1)C23C. The summed E-state index contributed by atoms with van der Waals surface area (Å²) < 4.78 is 43.1. The Hall–Kier alpha value is -3.08. The first-order chi connectivity index (χ1) is 25.2. The van der Waals surface area contributed by atoms with Gasteiger partial charge in [-0.25, -0.2) is 9.59 Å². The topological polar surface area (TPSA) is 206 Å². The zero-order valence-corrected chi connectivity index (χ0v) is 34.2. The summed E-state index contributed by atoms with van der Waals surface area (Å²) in [6.45, 7) is 23.3. The standard InChI is InChI=1S/C40H61NO14/c1-14-27-51-25-16-26-40(18-49-26,54-22(6)43)30-31(45)39(36(10,11)48)17-24(20(4)29(39)38(13,53-21(5)42)33(52-27)37(25,30)12)50-32(46)28(44)23(15-19(2)3)41-34(47)55-35(7,8)9/h14,19,23-28,30-31,33,44-45,48H,1,15-18H2,2-13H3,(H,41,47)/t23-,24-,25?,26?,27?,28?,30-,31-,33+,37?,38+,39?,40-/m0/s1. The van der Waals surface area contributed by atoms with E-state index in [1.807, 2.05) is 20.8 Å². The molecule has 2 aliphatic heterocycles. The Kier molecular flexibility index (Phi) is 11.3. The van der Waals surface area contributed by atoms with Crippen molar-refractivity contribution in [3.63, 3.8) is 0 Å². The molecule has 15 nitrogen and oxygen atoms in total. The van der Waals surface area contributed by atoms with Gasteiger partial charge < -0.3 is 53.8 Å². The molecular weight excluding hydrogens is 718 g/mol. The largest absolute Gasteiger partial charge is 0.456 e. The molecule has 2 heterocycles. The van der Waals surface area contributed by atoms with E-state index in [0.717, 1.165) is 0 Å². The maximum Gasteiger partial charge on any atom is 0.407 e. The van der Waals surface area contributed by atoms with Gasteiger partial charge in [-0.05, 0) is 78.0 Å². The Balaban J connectivity index is 1.69. The number of amides is 1. The summed E-state index contributed by atoms with van der Waals surface area (Å²) >= 11 is 0. The number of carbonyl (C=O) groups is 4. The maximum absolute atomic E-state index is 14.0. The van der Waals surface area contributed by atoms with E-state index in [2.05, 4.69) is 11.9 Å². The van der Waals surface area contributed by atoms with Gasteiger partial charge in [-0.15, -0.1) is 0 Å². The van der Waals surface area contributed by atoms with Crippen molar-refractivity contribution >= 4 is 24.0 Å². The molecule has 2 saturated carbocycles. The van der Waals surface area contributed by atoms with E-state index in [1.165, 1.54) is 33.8 Å². The summed E-state index contributed by atoms with van der Waals surface area (Å²) in [5.74, 6) is -3.49. The lowest BCUT2D eigenvalue weighted by molar-refractivity contribution is -0.397. The fraction of sp³-hybridized carbons (Fsp3) is 0.800. The van der Waals surface area contributed by atoms with Crippen LogP contribution in [0.2, 0.25) is 0 Å². The van der Waals surface area contributed by atoms with Crippen LogP contribution in [0.1, 0.15) is 102 Å². The predicted octanol–water partition coefficient (Wildman–Crippen LogP) is 3.40. The second kappa shape index (κ2) is 14.4. The number of aliphatic hydroxyl groups is 3. The molecule has 5 aliphatic rings. The molecule has 3 aliphatic carbocycles. The second-order valence-corrected chi connectivity index (χ2v) is 18.4. The highest BCUT2D eigenvalue weighted by Gasteiger charge is 2.82. The van der Waals surface area contributed by atoms with Gasteiger partial charge >= 0.3 is 24.0 Å². The van der Waals surface area contributed by atoms with Gasteiger partial charge in [0.2, 0.25) is 0 Å². The number of rotatable bonds is 10. The lowest BCUT2D eigenvalue weighted by Crippen LogP contribution is -2.80. The van der Waals surface area contributed by atoms with E-state index in [-0.39, 0.29) is 37.4 Å². The van der Waals surface area contributed by atoms with Gasteiger partial charge in [0.15, 0.2) is 23.6 Å². The van der Waals surface area contributed by atoms with Crippen molar-refractivity contribution in [2.24, 2.45) is 22.7 Å². The lowest BCUT2D eigenvalue weighted by Gasteiger charge is -2.67. The highest BCUT2D eigenvalue weighted by molar-refractivity contribution is 5.78. The first kappa shape index (κ1) is 43.1. The minimum absolute atomic E-state index is 0.0567. The summed E-state index contributed by atoms with van der Waals surface area (Å²) in [6.07, 6.45) is -7.27. The van der Waals surface area contributed by atoms with Crippen LogP contribution in [0.5, 0.6) is 0 Å². The van der Waals surface area contributed by atoms with Crippen LogP contribution in [0.15, 0.2) is 23.8 Å². The van der Waals surface area contributed by atoms with E-state index in [1.54, 1.807) is 34.6 Å². The number of esters is 3. The number of fused-ring (bicyclic) bond motifs is 3. The van der Waals surface area contributed by atoms with Gasteiger partial charge in [0.05, 0.1) is 35.9 Å². The van der Waals surface area contributed by atoms with Crippen LogP contribution in [0, 0.1) is 22.7 Å². The van der Waals surface area contributed by atoms with Crippen molar-refractivity contribution in [3.05, 3.63) is 23.8 Å². The summed E-state index contributed by atoms with van der Waals surface area (Å²) in [6, 6.07) is -1.09. The predicted molar refractivity (Wildman–Crippen MR) is 195 cm³/mol. The van der Waals surface area contributed by atoms with E-state index in [4.69, 9.17) is 33.2 Å². The molecule has 1 amide bonds. The molecule has 310 valence electrons. The normalized spacial score (nSPS) is 39.2. The molecule has 4 N–H and O–H groups in total. The van der Waals surface area contributed by atoms with E-state index in [0.29, 0.717) is 5.57 Å². The Bertz CT molecular complexity index is 1600. The molecule has 5 rings (SSSR count). The monoisotopic (exact) mass is 779 g/mol. The van der Waals surface area contributed by atoms with Crippen LogP contribution in [0.25, 0.3) is 0 Å². The van der Waals surface area contributed by atoms with Crippen LogP contribution in [-0.2, 0) is 47.5 Å². The molecular formula is C40H61NO14. The van der Waals surface area contributed by atoms with Crippen LogP contribution in [0.3, 0.4) is 0 Å². The third kappa shape index (κ3) is 7.00. The number of hydrogen-bond donors (Lipinski definition) is 4. The quantitative estimate of drug-likeness (QED) is 0.143. The summed E-state index contributed by atoms with van der Waals surface area (Å²) in [5.41, 5.74) is -8.28. The molecule has 0 radical (unpaired) electrons. The smallest absolute Gasteiger partial charge is 0.407 e. The molecule has 13 atom stereocenters. The molecule has 4 fully saturated rings. The van der Waals surface area contributed by atoms with Crippen LogP contribution >= 0.6 is 0 Å². The van der Waals surface area contributed by atoms with Gasteiger partial charge in [0.1, 0.15) is 23.9 Å². The average molecular weight is 780 g/mol. The molecule has 6 unspecified atom stereocenters. The Labute approximate surface area is 323 Å². The molecule has 55 heavy (non-hydrogen) atoms. The Morgan fingerprint density at radius 1 is 1.04 bits per heavy atom. The molecule has 0 aromatic heterocycles. The summed E-state index contributed by atoms with van der Waals surface area (Å²) in [7, 11) is 0. The zero-order valence-electron chi connectivity index (χ0n) is 34.2. The van der Waals surface area contributed by atoms with Gasteiger partial charge in [0.25, 0.3) is 0 Å². The average Bonchev–Trinajstić information content (AvgIpc) is 3.31. The zero-order chi connectivity index (χ0) is 41.4. The van der Waals surface area contributed by atoms with Crippen molar-refractivity contribution in [3.8, 4) is 0 Å². The van der Waals surface area contributed by atoms with Crippen molar-refractivity contribution in [1.29, 1.82) is 0 Å². The van der Waals surface area contributed by atoms with E-state index < -0.39 is 112 Å². The first-order valence-corrected chi connectivity index (χ1v) is 19.1. The number of aliphatic hydroxyl groups excluding tert-OH is 2. The maximum atomic E-state index is 14.0. The van der Waals surface area contributed by atoms with Gasteiger partial charge in [-0.3, -0.25) is 9.59 Å². The lowest BCUT2D eigenvalue weighted by atomic mass is 9.49. The van der Waals surface area contributed by atoms with Crippen molar-refractivity contribution in [2.45, 2.75) is 174 Å². The first-order valence-electron chi connectivity index (χ1n) is 19.1. The molecule has 15 heteroatoms. The second-order valence-electron chi connectivity index (χ2n) is 18.4. The molecule has 0 aromatic rings. The molecule has 0 spiro atoms. The van der Waals surface area contributed by atoms with E-state index >= 15 is 0 Å². The number of hydrogen-bond acceptors (Lipinski definition) is 14. The molecule has 0 bridgehead atoms. The van der Waals surface area contributed by atoms with E-state index in [9.17, 15) is 34.5 Å². The molecule has 0 aromatic carbocycles. The minimum atomic E-state index is -1.84. The van der Waals surface area contributed by atoms with Crippen molar-refractivity contribution < 1.29 is 67.7 Å². The van der Waals surface area contributed by atoms with Crippen LogP contribution in [-0.4, -0.2) is 117 Å². The molecule has 2 saturated heterocycles. The Morgan fingerprint density at radius 3 is 2.15 bits per heavy atom. The van der Waals surface area contributed by atoms with Crippen LogP contribution < -0.4 is 5.32 Å². The fourth-order valence-electron chi connectivity index (χ4n) is 10.6. The third-order valence-electron chi connectivity index (χ3n) is 12.4. The van der Waals surface area contributed by atoms with Gasteiger partial charge in [-0.1, -0.05) is 27.4 Å². The van der Waals surface area contributed by atoms with Gasteiger partial charge in [-0.2, -0.15) is 0 Å². The highest BCUT2D eigenvalue weighted by Crippen LogP contribution is 2.71. The number of carbonyl (C=O) groups excluding carboxylic acids is 4. The summed E-state index contributed by atoms with van der Waals surface area (Å²) in [5, 5.41) is 39.7.